The first kappa shape index (κ1) is 10.4. The lowest BCUT2D eigenvalue weighted by Gasteiger charge is -2.44. The highest BCUT2D eigenvalue weighted by Crippen LogP contribution is 2.40. The maximum absolute atomic E-state index is 5.30. The normalized spacial score (nSPS) is 39.4. The predicted octanol–water partition coefficient (Wildman–Crippen LogP) is 2.19. The fourth-order valence-electron chi connectivity index (χ4n) is 3.05. The van der Waals surface area contributed by atoms with Crippen molar-refractivity contribution < 1.29 is 4.74 Å². The lowest BCUT2D eigenvalue weighted by molar-refractivity contribution is 0.0529. The van der Waals surface area contributed by atoms with E-state index in [-0.39, 0.29) is 5.54 Å². The second kappa shape index (κ2) is 4.19. The molecule has 82 valence electrons. The van der Waals surface area contributed by atoms with Gasteiger partial charge in [0.15, 0.2) is 0 Å². The highest BCUT2D eigenvalue weighted by molar-refractivity contribution is 4.93. The molecule has 1 saturated carbocycles. The molecule has 1 aliphatic carbocycles. The molecule has 2 rings (SSSR count). The molecule has 1 saturated heterocycles. The average molecular weight is 197 g/mol. The lowest BCUT2D eigenvalue weighted by Crippen LogP contribution is -2.53. The SMILES string of the molecule is COCC1(C)CC(C2CCC2)CCN1. The van der Waals surface area contributed by atoms with E-state index in [1.165, 1.54) is 38.6 Å². The molecule has 2 atom stereocenters. The molecule has 14 heavy (non-hydrogen) atoms. The van der Waals surface area contributed by atoms with Crippen molar-refractivity contribution in [3.63, 3.8) is 0 Å². The molecule has 2 nitrogen and oxygen atoms in total. The maximum Gasteiger partial charge on any atom is 0.0641 e. The van der Waals surface area contributed by atoms with Crippen LogP contribution in [0.25, 0.3) is 0 Å². The Kier molecular flexibility index (Phi) is 3.13. The first-order valence-electron chi connectivity index (χ1n) is 5.97. The summed E-state index contributed by atoms with van der Waals surface area (Å²) in [5.41, 5.74) is 0.243. The second-order valence-corrected chi connectivity index (χ2v) is 5.36. The molecule has 1 heterocycles. The highest BCUT2D eigenvalue weighted by Gasteiger charge is 2.37. The van der Waals surface area contributed by atoms with E-state index in [4.69, 9.17) is 4.74 Å². The van der Waals surface area contributed by atoms with Gasteiger partial charge >= 0.3 is 0 Å². The molecule has 2 heteroatoms. The molecule has 2 fully saturated rings. The zero-order valence-corrected chi connectivity index (χ0v) is 9.51. The quantitative estimate of drug-likeness (QED) is 0.749. The van der Waals surface area contributed by atoms with Gasteiger partial charge in [-0.15, -0.1) is 0 Å². The molecule has 0 aromatic rings. The van der Waals surface area contributed by atoms with E-state index in [0.717, 1.165) is 18.4 Å². The molecule has 1 aliphatic heterocycles. The van der Waals surface area contributed by atoms with Gasteiger partial charge in [-0.3, -0.25) is 0 Å². The van der Waals surface area contributed by atoms with Crippen molar-refractivity contribution in [2.24, 2.45) is 11.8 Å². The third-order valence-electron chi connectivity index (χ3n) is 4.06. The Balaban J connectivity index is 1.88. The molecule has 0 radical (unpaired) electrons. The topological polar surface area (TPSA) is 21.3 Å². The number of ether oxygens (including phenoxy) is 1. The molecule has 2 aliphatic rings. The number of piperidine rings is 1. The van der Waals surface area contributed by atoms with Crippen LogP contribution in [0.2, 0.25) is 0 Å². The molecule has 0 bridgehead atoms. The first-order chi connectivity index (χ1) is 6.73. The van der Waals surface area contributed by atoms with E-state index in [1.54, 1.807) is 7.11 Å². The summed E-state index contributed by atoms with van der Waals surface area (Å²) in [5, 5.41) is 3.60. The highest BCUT2D eigenvalue weighted by atomic mass is 16.5. The summed E-state index contributed by atoms with van der Waals surface area (Å²) in [4.78, 5) is 0. The first-order valence-corrected chi connectivity index (χ1v) is 5.97. The van der Waals surface area contributed by atoms with Crippen LogP contribution in [0.5, 0.6) is 0 Å². The predicted molar refractivity (Wildman–Crippen MR) is 58.3 cm³/mol. The Hall–Kier alpha value is -0.0800. The van der Waals surface area contributed by atoms with E-state index in [0.29, 0.717) is 0 Å². The molecule has 0 spiro atoms. The van der Waals surface area contributed by atoms with Crippen LogP contribution in [0.4, 0.5) is 0 Å². The van der Waals surface area contributed by atoms with Crippen LogP contribution in [0, 0.1) is 11.8 Å². The van der Waals surface area contributed by atoms with Crippen LogP contribution in [0.3, 0.4) is 0 Å². The minimum Gasteiger partial charge on any atom is -0.383 e. The van der Waals surface area contributed by atoms with Crippen molar-refractivity contribution in [1.82, 2.24) is 5.32 Å². The summed E-state index contributed by atoms with van der Waals surface area (Å²) >= 11 is 0. The summed E-state index contributed by atoms with van der Waals surface area (Å²) in [6.45, 7) is 4.35. The molecule has 0 aromatic heterocycles. The molecular weight excluding hydrogens is 174 g/mol. The number of hydrogen-bond acceptors (Lipinski definition) is 2. The summed E-state index contributed by atoms with van der Waals surface area (Å²) in [6.07, 6.45) is 7.12. The van der Waals surface area contributed by atoms with Gasteiger partial charge in [-0.25, -0.2) is 0 Å². The van der Waals surface area contributed by atoms with Crippen molar-refractivity contribution in [3.05, 3.63) is 0 Å². The monoisotopic (exact) mass is 197 g/mol. The van der Waals surface area contributed by atoms with Gasteiger partial charge in [0.1, 0.15) is 0 Å². The van der Waals surface area contributed by atoms with Gasteiger partial charge in [-0.1, -0.05) is 19.3 Å². The number of hydrogen-bond donors (Lipinski definition) is 1. The van der Waals surface area contributed by atoms with Crippen LogP contribution in [-0.2, 0) is 4.74 Å². The van der Waals surface area contributed by atoms with Gasteiger partial charge < -0.3 is 10.1 Å². The van der Waals surface area contributed by atoms with Crippen LogP contribution >= 0.6 is 0 Å². The van der Waals surface area contributed by atoms with Crippen molar-refractivity contribution >= 4 is 0 Å². The van der Waals surface area contributed by atoms with Gasteiger partial charge in [0.05, 0.1) is 6.61 Å². The van der Waals surface area contributed by atoms with E-state index in [9.17, 15) is 0 Å². The van der Waals surface area contributed by atoms with Crippen molar-refractivity contribution in [2.45, 2.75) is 44.6 Å². The minimum atomic E-state index is 0.243. The molecule has 0 aromatic carbocycles. The standard InChI is InChI=1S/C12H23NO/c1-12(9-14-2)8-11(6-7-13-12)10-4-3-5-10/h10-11,13H,3-9H2,1-2H3. The average Bonchev–Trinajstić information content (AvgIpc) is 2.00. The van der Waals surface area contributed by atoms with Gasteiger partial charge in [-0.05, 0) is 38.1 Å². The Morgan fingerprint density at radius 1 is 1.29 bits per heavy atom. The zero-order chi connectivity index (χ0) is 10.0. The third-order valence-corrected chi connectivity index (χ3v) is 4.06. The molecule has 2 unspecified atom stereocenters. The number of nitrogens with one attached hydrogen (secondary N) is 1. The summed E-state index contributed by atoms with van der Waals surface area (Å²) in [7, 11) is 1.81. The van der Waals surface area contributed by atoms with Crippen LogP contribution < -0.4 is 5.32 Å². The fourth-order valence-corrected chi connectivity index (χ4v) is 3.05. The summed E-state index contributed by atoms with van der Waals surface area (Å²) in [5.74, 6) is 2.00. The third kappa shape index (κ3) is 2.12. The summed E-state index contributed by atoms with van der Waals surface area (Å²) in [6, 6.07) is 0. The van der Waals surface area contributed by atoms with Gasteiger partial charge in [0, 0.05) is 12.6 Å². The number of methoxy groups -OCH3 is 1. The van der Waals surface area contributed by atoms with E-state index in [2.05, 4.69) is 12.2 Å². The Morgan fingerprint density at radius 3 is 2.64 bits per heavy atom. The lowest BCUT2D eigenvalue weighted by atomic mass is 9.68. The minimum absolute atomic E-state index is 0.243. The second-order valence-electron chi connectivity index (χ2n) is 5.36. The fraction of sp³-hybridized carbons (Fsp3) is 1.00. The molecule has 0 amide bonds. The van der Waals surface area contributed by atoms with Gasteiger partial charge in [0.25, 0.3) is 0 Å². The molecular formula is C12H23NO. The Bertz CT molecular complexity index is 187. The summed E-state index contributed by atoms with van der Waals surface area (Å²) < 4.78 is 5.30. The van der Waals surface area contributed by atoms with Crippen LogP contribution in [0.15, 0.2) is 0 Å². The Morgan fingerprint density at radius 2 is 2.07 bits per heavy atom. The molecule has 1 N–H and O–H groups in total. The van der Waals surface area contributed by atoms with Crippen molar-refractivity contribution in [2.75, 3.05) is 20.3 Å². The van der Waals surface area contributed by atoms with E-state index in [1.807, 2.05) is 0 Å². The maximum atomic E-state index is 5.30. The number of rotatable bonds is 3. The smallest absolute Gasteiger partial charge is 0.0641 e. The van der Waals surface area contributed by atoms with Gasteiger partial charge in [-0.2, -0.15) is 0 Å². The van der Waals surface area contributed by atoms with E-state index < -0.39 is 0 Å². The van der Waals surface area contributed by atoms with Crippen LogP contribution in [0.1, 0.15) is 39.0 Å². The van der Waals surface area contributed by atoms with E-state index >= 15 is 0 Å². The van der Waals surface area contributed by atoms with Crippen LogP contribution in [-0.4, -0.2) is 25.8 Å². The van der Waals surface area contributed by atoms with Crippen molar-refractivity contribution in [1.29, 1.82) is 0 Å². The largest absolute Gasteiger partial charge is 0.383 e. The van der Waals surface area contributed by atoms with Crippen molar-refractivity contribution in [3.8, 4) is 0 Å². The Labute approximate surface area is 87.4 Å². The zero-order valence-electron chi connectivity index (χ0n) is 9.51. The van der Waals surface area contributed by atoms with Gasteiger partial charge in [0.2, 0.25) is 0 Å².